The summed E-state index contributed by atoms with van der Waals surface area (Å²) in [6, 6.07) is 10.6. The lowest BCUT2D eigenvalue weighted by molar-refractivity contribution is 0.573. The average Bonchev–Trinajstić information content (AvgIpc) is 2.55. The Labute approximate surface area is 145 Å². The maximum absolute atomic E-state index is 4.73. The molecule has 1 saturated heterocycles. The number of benzene rings is 1. The van der Waals surface area contributed by atoms with Crippen molar-refractivity contribution < 1.29 is 0 Å². The summed E-state index contributed by atoms with van der Waals surface area (Å²) in [5.41, 5.74) is 3.52. The molecule has 0 aliphatic carbocycles. The van der Waals surface area contributed by atoms with Crippen molar-refractivity contribution in [1.82, 2.24) is 9.97 Å². The first-order valence-corrected chi connectivity index (χ1v) is 8.90. The lowest BCUT2D eigenvalue weighted by Crippen LogP contribution is -2.30. The Kier molecular flexibility index (Phi) is 4.74. The van der Waals surface area contributed by atoms with Crippen LogP contribution in [0.4, 0.5) is 17.5 Å². The molecule has 4 nitrogen and oxygen atoms in total. The second-order valence-electron chi connectivity index (χ2n) is 7.69. The highest BCUT2D eigenvalue weighted by Gasteiger charge is 2.15. The molecular formula is C20H28N4. The number of aromatic nitrogens is 2. The zero-order chi connectivity index (χ0) is 17.2. The molecule has 3 rings (SSSR count). The number of nitrogens with zero attached hydrogens (tertiary/aromatic N) is 3. The van der Waals surface area contributed by atoms with Crippen molar-refractivity contribution in [3.8, 4) is 0 Å². The van der Waals surface area contributed by atoms with Crippen LogP contribution in [0.3, 0.4) is 0 Å². The lowest BCUT2D eigenvalue weighted by atomic mass is 9.87. The number of hydrogen-bond acceptors (Lipinski definition) is 4. The largest absolute Gasteiger partial charge is 0.356 e. The Morgan fingerprint density at radius 3 is 2.25 bits per heavy atom. The van der Waals surface area contributed by atoms with Crippen LogP contribution < -0.4 is 10.2 Å². The van der Waals surface area contributed by atoms with Crippen molar-refractivity contribution in [2.24, 2.45) is 0 Å². The van der Waals surface area contributed by atoms with Gasteiger partial charge in [0.25, 0.3) is 0 Å². The van der Waals surface area contributed by atoms with E-state index in [1.807, 2.05) is 6.92 Å². The molecule has 128 valence electrons. The standard InChI is InChI=1S/C20H28N4/c1-15-14-18(24-12-6-5-7-13-24)23-19(21-15)22-17-10-8-16(9-11-17)20(2,3)4/h8-11,14H,5-7,12-13H2,1-4H3,(H,21,22,23). The maximum Gasteiger partial charge on any atom is 0.229 e. The molecule has 0 saturated carbocycles. The molecule has 1 aliphatic heterocycles. The molecule has 0 bridgehead atoms. The van der Waals surface area contributed by atoms with Crippen molar-refractivity contribution in [2.45, 2.75) is 52.4 Å². The highest BCUT2D eigenvalue weighted by Crippen LogP contribution is 2.25. The third kappa shape index (κ3) is 4.05. The number of piperidine rings is 1. The average molecular weight is 324 g/mol. The first-order chi connectivity index (χ1) is 11.4. The molecule has 0 radical (unpaired) electrons. The van der Waals surface area contributed by atoms with Gasteiger partial charge in [-0.15, -0.1) is 0 Å². The fraction of sp³-hybridized carbons (Fsp3) is 0.500. The Morgan fingerprint density at radius 1 is 0.958 bits per heavy atom. The fourth-order valence-corrected chi connectivity index (χ4v) is 3.08. The monoisotopic (exact) mass is 324 g/mol. The van der Waals surface area contributed by atoms with Crippen LogP contribution in [0.1, 0.15) is 51.3 Å². The number of rotatable bonds is 3. The summed E-state index contributed by atoms with van der Waals surface area (Å²) >= 11 is 0. The predicted molar refractivity (Wildman–Crippen MR) is 101 cm³/mol. The number of aryl methyl sites for hydroxylation is 1. The maximum atomic E-state index is 4.73. The molecule has 0 atom stereocenters. The summed E-state index contributed by atoms with van der Waals surface area (Å²) in [7, 11) is 0. The van der Waals surface area contributed by atoms with E-state index in [4.69, 9.17) is 4.98 Å². The first kappa shape index (κ1) is 16.7. The first-order valence-electron chi connectivity index (χ1n) is 8.90. The van der Waals surface area contributed by atoms with Gasteiger partial charge in [-0.1, -0.05) is 32.9 Å². The van der Waals surface area contributed by atoms with E-state index in [0.29, 0.717) is 5.95 Å². The normalized spacial score (nSPS) is 15.4. The second-order valence-corrected chi connectivity index (χ2v) is 7.69. The van der Waals surface area contributed by atoms with E-state index >= 15 is 0 Å². The van der Waals surface area contributed by atoms with E-state index in [0.717, 1.165) is 30.3 Å². The van der Waals surface area contributed by atoms with Crippen molar-refractivity contribution >= 4 is 17.5 Å². The van der Waals surface area contributed by atoms with Crippen LogP contribution in [-0.4, -0.2) is 23.1 Å². The SMILES string of the molecule is Cc1cc(N2CCCCC2)nc(Nc2ccc(C(C)(C)C)cc2)n1. The Balaban J connectivity index is 1.78. The molecule has 1 fully saturated rings. The van der Waals surface area contributed by atoms with Crippen molar-refractivity contribution in [3.05, 3.63) is 41.6 Å². The Morgan fingerprint density at radius 2 is 1.62 bits per heavy atom. The summed E-state index contributed by atoms with van der Waals surface area (Å²) in [4.78, 5) is 11.6. The summed E-state index contributed by atoms with van der Waals surface area (Å²) in [6.45, 7) is 10.9. The van der Waals surface area contributed by atoms with Crippen molar-refractivity contribution in [1.29, 1.82) is 0 Å². The molecule has 1 N–H and O–H groups in total. The quantitative estimate of drug-likeness (QED) is 0.879. The van der Waals surface area contributed by atoms with Gasteiger partial charge in [0, 0.05) is 30.5 Å². The molecular weight excluding hydrogens is 296 g/mol. The van der Waals surface area contributed by atoms with Crippen LogP contribution in [0.25, 0.3) is 0 Å². The molecule has 0 unspecified atom stereocenters. The van der Waals surface area contributed by atoms with Gasteiger partial charge in [-0.05, 0) is 49.3 Å². The van der Waals surface area contributed by atoms with E-state index < -0.39 is 0 Å². The van der Waals surface area contributed by atoms with Crippen molar-refractivity contribution in [3.63, 3.8) is 0 Å². The topological polar surface area (TPSA) is 41.1 Å². The minimum atomic E-state index is 0.166. The smallest absolute Gasteiger partial charge is 0.229 e. The van der Waals surface area contributed by atoms with Crippen LogP contribution in [0.5, 0.6) is 0 Å². The van der Waals surface area contributed by atoms with E-state index in [1.165, 1.54) is 24.8 Å². The van der Waals surface area contributed by atoms with E-state index in [2.05, 4.69) is 66.3 Å². The highest BCUT2D eigenvalue weighted by molar-refractivity contribution is 5.56. The van der Waals surface area contributed by atoms with Crippen LogP contribution >= 0.6 is 0 Å². The molecule has 0 spiro atoms. The number of hydrogen-bond donors (Lipinski definition) is 1. The van der Waals surface area contributed by atoms with Gasteiger partial charge in [0.15, 0.2) is 0 Å². The third-order valence-electron chi connectivity index (χ3n) is 4.53. The fourth-order valence-electron chi connectivity index (χ4n) is 3.08. The van der Waals surface area contributed by atoms with Crippen LogP contribution in [0, 0.1) is 6.92 Å². The van der Waals surface area contributed by atoms with Gasteiger partial charge >= 0.3 is 0 Å². The van der Waals surface area contributed by atoms with Crippen LogP contribution in [0.2, 0.25) is 0 Å². The minimum absolute atomic E-state index is 0.166. The van der Waals surface area contributed by atoms with E-state index in [1.54, 1.807) is 0 Å². The van der Waals surface area contributed by atoms with Crippen molar-refractivity contribution in [2.75, 3.05) is 23.3 Å². The van der Waals surface area contributed by atoms with Gasteiger partial charge in [0.2, 0.25) is 5.95 Å². The molecule has 4 heteroatoms. The highest BCUT2D eigenvalue weighted by atomic mass is 15.2. The summed E-state index contributed by atoms with van der Waals surface area (Å²) < 4.78 is 0. The molecule has 2 heterocycles. The summed E-state index contributed by atoms with van der Waals surface area (Å²) in [5.74, 6) is 1.72. The third-order valence-corrected chi connectivity index (χ3v) is 4.53. The van der Waals surface area contributed by atoms with Gasteiger partial charge < -0.3 is 10.2 Å². The Hall–Kier alpha value is -2.10. The van der Waals surface area contributed by atoms with Gasteiger partial charge in [-0.3, -0.25) is 0 Å². The van der Waals surface area contributed by atoms with E-state index in [-0.39, 0.29) is 5.41 Å². The zero-order valence-corrected chi connectivity index (χ0v) is 15.3. The molecule has 24 heavy (non-hydrogen) atoms. The van der Waals surface area contributed by atoms with Gasteiger partial charge in [-0.2, -0.15) is 4.98 Å². The van der Waals surface area contributed by atoms with Gasteiger partial charge in [0.1, 0.15) is 5.82 Å². The van der Waals surface area contributed by atoms with Gasteiger partial charge in [0.05, 0.1) is 0 Å². The minimum Gasteiger partial charge on any atom is -0.356 e. The molecule has 0 amide bonds. The Bertz CT molecular complexity index is 680. The molecule has 2 aromatic rings. The second kappa shape index (κ2) is 6.80. The molecule has 1 aromatic heterocycles. The van der Waals surface area contributed by atoms with Crippen LogP contribution in [-0.2, 0) is 5.41 Å². The van der Waals surface area contributed by atoms with Gasteiger partial charge in [-0.25, -0.2) is 4.98 Å². The van der Waals surface area contributed by atoms with E-state index in [9.17, 15) is 0 Å². The number of anilines is 3. The molecule has 1 aliphatic rings. The molecule has 1 aromatic carbocycles. The lowest BCUT2D eigenvalue weighted by Gasteiger charge is -2.28. The summed E-state index contributed by atoms with van der Waals surface area (Å²) in [5, 5.41) is 3.35. The van der Waals surface area contributed by atoms with Crippen LogP contribution in [0.15, 0.2) is 30.3 Å². The predicted octanol–water partition coefficient (Wildman–Crippen LogP) is 4.82. The zero-order valence-electron chi connectivity index (χ0n) is 15.3. The number of nitrogens with one attached hydrogen (secondary N) is 1. The summed E-state index contributed by atoms with van der Waals surface area (Å²) in [6.07, 6.45) is 3.83.